The normalized spacial score (nSPS) is 16.2. The van der Waals surface area contributed by atoms with E-state index < -0.39 is 10.2 Å². The molecule has 0 aromatic heterocycles. The van der Waals surface area contributed by atoms with Crippen LogP contribution >= 0.6 is 0 Å². The molecule has 1 aliphatic rings. The lowest BCUT2D eigenvalue weighted by Gasteiger charge is -2.20. The van der Waals surface area contributed by atoms with E-state index >= 15 is 0 Å². The summed E-state index contributed by atoms with van der Waals surface area (Å²) in [4.78, 5) is 0. The van der Waals surface area contributed by atoms with Crippen molar-refractivity contribution in [2.45, 2.75) is 13.0 Å². The third kappa shape index (κ3) is 4.42. The molecule has 1 aliphatic heterocycles. The van der Waals surface area contributed by atoms with Gasteiger partial charge in [0.25, 0.3) is 10.2 Å². The molecule has 0 amide bonds. The van der Waals surface area contributed by atoms with Crippen molar-refractivity contribution in [2.75, 3.05) is 26.7 Å². The molecular formula is C14H21N3O2S. The van der Waals surface area contributed by atoms with Gasteiger partial charge in [-0.2, -0.15) is 17.4 Å². The summed E-state index contributed by atoms with van der Waals surface area (Å²) in [6, 6.07) is 9.56. The van der Waals surface area contributed by atoms with Crippen LogP contribution in [0.1, 0.15) is 12.0 Å². The number of nitrogens with zero attached hydrogens (tertiary/aromatic N) is 1. The molecule has 0 saturated heterocycles. The molecule has 0 atom stereocenters. The molecule has 0 radical (unpaired) electrons. The van der Waals surface area contributed by atoms with E-state index in [1.54, 1.807) is 7.05 Å². The van der Waals surface area contributed by atoms with E-state index in [-0.39, 0.29) is 0 Å². The van der Waals surface area contributed by atoms with Crippen molar-refractivity contribution in [1.82, 2.24) is 14.3 Å². The SMILES string of the molecule is CN(Cc1ccccc1)S(=O)(=O)NCC1=CCNCC1. The van der Waals surface area contributed by atoms with Crippen LogP contribution in [-0.2, 0) is 16.8 Å². The Morgan fingerprint density at radius 2 is 2.05 bits per heavy atom. The Balaban J connectivity index is 1.90. The highest BCUT2D eigenvalue weighted by Gasteiger charge is 2.18. The maximum atomic E-state index is 12.1. The van der Waals surface area contributed by atoms with E-state index in [4.69, 9.17) is 0 Å². The molecule has 0 fully saturated rings. The van der Waals surface area contributed by atoms with Crippen LogP contribution in [0, 0.1) is 0 Å². The predicted octanol–water partition coefficient (Wildman–Crippen LogP) is 0.872. The van der Waals surface area contributed by atoms with Crippen LogP contribution in [-0.4, -0.2) is 39.4 Å². The van der Waals surface area contributed by atoms with E-state index in [0.29, 0.717) is 13.1 Å². The fourth-order valence-electron chi connectivity index (χ4n) is 2.05. The zero-order chi connectivity index (χ0) is 14.4. The summed E-state index contributed by atoms with van der Waals surface area (Å²) in [7, 11) is -1.85. The minimum Gasteiger partial charge on any atom is -0.313 e. The largest absolute Gasteiger partial charge is 0.313 e. The Morgan fingerprint density at radius 1 is 1.30 bits per heavy atom. The molecule has 0 saturated carbocycles. The Labute approximate surface area is 120 Å². The van der Waals surface area contributed by atoms with Gasteiger partial charge in [-0.15, -0.1) is 0 Å². The van der Waals surface area contributed by atoms with Gasteiger partial charge < -0.3 is 5.32 Å². The zero-order valence-corrected chi connectivity index (χ0v) is 12.5. The quantitative estimate of drug-likeness (QED) is 0.766. The van der Waals surface area contributed by atoms with E-state index in [0.717, 1.165) is 30.6 Å². The van der Waals surface area contributed by atoms with Gasteiger partial charge in [-0.3, -0.25) is 0 Å². The molecule has 0 aliphatic carbocycles. The summed E-state index contributed by atoms with van der Waals surface area (Å²) < 4.78 is 28.3. The lowest BCUT2D eigenvalue weighted by molar-refractivity contribution is 0.456. The van der Waals surface area contributed by atoms with E-state index in [2.05, 4.69) is 10.0 Å². The first-order valence-corrected chi connectivity index (χ1v) is 8.15. The first kappa shape index (κ1) is 15.2. The number of benzene rings is 1. The van der Waals surface area contributed by atoms with Gasteiger partial charge in [0.2, 0.25) is 0 Å². The topological polar surface area (TPSA) is 61.4 Å². The summed E-state index contributed by atoms with van der Waals surface area (Å²) >= 11 is 0. The number of nitrogens with one attached hydrogen (secondary N) is 2. The van der Waals surface area contributed by atoms with Crippen molar-refractivity contribution in [3.8, 4) is 0 Å². The Morgan fingerprint density at radius 3 is 2.70 bits per heavy atom. The summed E-state index contributed by atoms with van der Waals surface area (Å²) in [5.74, 6) is 0. The predicted molar refractivity (Wildman–Crippen MR) is 80.4 cm³/mol. The zero-order valence-electron chi connectivity index (χ0n) is 11.7. The molecule has 2 rings (SSSR count). The molecule has 20 heavy (non-hydrogen) atoms. The molecule has 0 unspecified atom stereocenters. The fourth-order valence-corrected chi connectivity index (χ4v) is 2.96. The van der Waals surface area contributed by atoms with Crippen molar-refractivity contribution in [1.29, 1.82) is 0 Å². The lowest BCUT2D eigenvalue weighted by atomic mass is 10.1. The molecular weight excluding hydrogens is 274 g/mol. The van der Waals surface area contributed by atoms with Crippen molar-refractivity contribution in [3.63, 3.8) is 0 Å². The Hall–Kier alpha value is -1.21. The second-order valence-electron chi connectivity index (χ2n) is 4.88. The highest BCUT2D eigenvalue weighted by atomic mass is 32.2. The summed E-state index contributed by atoms with van der Waals surface area (Å²) in [6.07, 6.45) is 2.94. The molecule has 1 heterocycles. The molecule has 6 heteroatoms. The third-order valence-corrected chi connectivity index (χ3v) is 4.76. The van der Waals surface area contributed by atoms with Crippen LogP contribution in [0.5, 0.6) is 0 Å². The molecule has 1 aromatic carbocycles. The standard InChI is InChI=1S/C14H21N3O2S/c1-17(12-14-5-3-2-4-6-14)20(18,19)16-11-13-7-9-15-10-8-13/h2-7,15-16H,8-12H2,1H3. The van der Waals surface area contributed by atoms with Gasteiger partial charge in [-0.1, -0.05) is 42.0 Å². The van der Waals surface area contributed by atoms with Gasteiger partial charge in [0.1, 0.15) is 0 Å². The first-order chi connectivity index (χ1) is 9.58. The number of hydrogen-bond acceptors (Lipinski definition) is 3. The molecule has 5 nitrogen and oxygen atoms in total. The Bertz CT molecular complexity index is 555. The number of hydrogen-bond donors (Lipinski definition) is 2. The minimum absolute atomic E-state index is 0.372. The van der Waals surface area contributed by atoms with Gasteiger partial charge in [0.15, 0.2) is 0 Å². The summed E-state index contributed by atoms with van der Waals surface area (Å²) in [6.45, 7) is 2.49. The fraction of sp³-hybridized carbons (Fsp3) is 0.429. The molecule has 0 spiro atoms. The molecule has 1 aromatic rings. The van der Waals surface area contributed by atoms with Gasteiger partial charge in [-0.25, -0.2) is 0 Å². The maximum Gasteiger partial charge on any atom is 0.279 e. The monoisotopic (exact) mass is 295 g/mol. The van der Waals surface area contributed by atoms with Crippen LogP contribution in [0.15, 0.2) is 42.0 Å². The first-order valence-electron chi connectivity index (χ1n) is 6.71. The van der Waals surface area contributed by atoms with Crippen molar-refractivity contribution in [3.05, 3.63) is 47.5 Å². The smallest absolute Gasteiger partial charge is 0.279 e. The van der Waals surface area contributed by atoms with Crippen molar-refractivity contribution < 1.29 is 8.42 Å². The van der Waals surface area contributed by atoms with Crippen LogP contribution in [0.3, 0.4) is 0 Å². The van der Waals surface area contributed by atoms with Gasteiger partial charge in [-0.05, 0) is 18.5 Å². The second kappa shape index (κ2) is 6.99. The average Bonchev–Trinajstić information content (AvgIpc) is 2.47. The highest BCUT2D eigenvalue weighted by molar-refractivity contribution is 7.87. The van der Waals surface area contributed by atoms with E-state index in [1.165, 1.54) is 4.31 Å². The third-order valence-electron chi connectivity index (χ3n) is 3.30. The van der Waals surface area contributed by atoms with Gasteiger partial charge in [0.05, 0.1) is 0 Å². The van der Waals surface area contributed by atoms with Crippen molar-refractivity contribution in [2.24, 2.45) is 0 Å². The highest BCUT2D eigenvalue weighted by Crippen LogP contribution is 2.07. The number of rotatable bonds is 6. The minimum atomic E-state index is -3.44. The average molecular weight is 295 g/mol. The molecule has 0 bridgehead atoms. The summed E-state index contributed by atoms with van der Waals surface area (Å²) in [5.41, 5.74) is 2.11. The van der Waals surface area contributed by atoms with Crippen LogP contribution < -0.4 is 10.0 Å². The molecule has 2 N–H and O–H groups in total. The van der Waals surface area contributed by atoms with Crippen LogP contribution in [0.2, 0.25) is 0 Å². The van der Waals surface area contributed by atoms with Gasteiger partial charge in [0, 0.05) is 26.7 Å². The molecule has 110 valence electrons. The van der Waals surface area contributed by atoms with Crippen LogP contribution in [0.4, 0.5) is 0 Å². The van der Waals surface area contributed by atoms with E-state index in [9.17, 15) is 8.42 Å². The maximum absolute atomic E-state index is 12.1. The summed E-state index contributed by atoms with van der Waals surface area (Å²) in [5, 5.41) is 3.20. The second-order valence-corrected chi connectivity index (χ2v) is 6.75. The van der Waals surface area contributed by atoms with Crippen molar-refractivity contribution >= 4 is 10.2 Å². The van der Waals surface area contributed by atoms with E-state index in [1.807, 2.05) is 36.4 Å². The lowest BCUT2D eigenvalue weighted by Crippen LogP contribution is -2.39. The Kier molecular flexibility index (Phi) is 5.31. The van der Waals surface area contributed by atoms with Crippen LogP contribution in [0.25, 0.3) is 0 Å². The van der Waals surface area contributed by atoms with Gasteiger partial charge >= 0.3 is 0 Å².